The molecule has 10 atom stereocenters. The van der Waals surface area contributed by atoms with E-state index < -0.39 is 58.9 Å². The highest BCUT2D eigenvalue weighted by molar-refractivity contribution is 7.99. The Morgan fingerprint density at radius 1 is 1.33 bits per heavy atom. The number of aliphatic imine (C=N–C) groups is 1. The van der Waals surface area contributed by atoms with Crippen LogP contribution < -0.4 is 10.6 Å². The van der Waals surface area contributed by atoms with Gasteiger partial charge in [-0.25, -0.2) is 0 Å². The fourth-order valence-electron chi connectivity index (χ4n) is 4.58. The number of aliphatic hydroxyl groups is 3. The summed E-state index contributed by atoms with van der Waals surface area (Å²) in [5.41, 5.74) is -2.13. The van der Waals surface area contributed by atoms with Gasteiger partial charge in [-0.1, -0.05) is 6.42 Å². The number of hydrogen-bond donors (Lipinski definition) is 5. The molecular weight excluding hydrogens is 434 g/mol. The number of nitrogens with zero attached hydrogens (tertiary/aromatic N) is 1. The maximum absolute atomic E-state index is 13.4. The molecule has 5 N–H and O–H groups in total. The molecular formula is C19H32ClN3O6S. The highest BCUT2D eigenvalue weighted by Crippen LogP contribution is 2.36. The zero-order valence-corrected chi connectivity index (χ0v) is 18.8. The normalized spacial score (nSPS) is 43.9. The number of fused-ring (bicyclic) bond motifs is 1. The van der Waals surface area contributed by atoms with Crippen molar-refractivity contribution in [3.8, 4) is 0 Å². The number of nitrogens with one attached hydrogen (secondary N) is 2. The lowest BCUT2D eigenvalue weighted by molar-refractivity contribution is -0.205. The summed E-state index contributed by atoms with van der Waals surface area (Å²) in [6.07, 6.45) is -0.983. The van der Waals surface area contributed by atoms with Crippen molar-refractivity contribution < 1.29 is 29.6 Å². The molecule has 30 heavy (non-hydrogen) atoms. The summed E-state index contributed by atoms with van der Waals surface area (Å²) in [4.78, 5) is 17.6. The topological polar surface area (TPSA) is 133 Å². The molecule has 0 saturated carbocycles. The molecule has 3 saturated heterocycles. The Labute approximate surface area is 185 Å². The van der Waals surface area contributed by atoms with Gasteiger partial charge in [-0.3, -0.25) is 15.1 Å². The van der Waals surface area contributed by atoms with Crippen molar-refractivity contribution in [2.75, 3.05) is 19.4 Å². The molecule has 0 spiro atoms. The van der Waals surface area contributed by atoms with Gasteiger partial charge >= 0.3 is 0 Å². The molecule has 0 aromatic heterocycles. The predicted molar refractivity (Wildman–Crippen MR) is 115 cm³/mol. The van der Waals surface area contributed by atoms with Crippen LogP contribution in [0.15, 0.2) is 4.99 Å². The number of ether oxygens (including phenoxy) is 2. The highest BCUT2D eigenvalue weighted by Gasteiger charge is 2.56. The summed E-state index contributed by atoms with van der Waals surface area (Å²) >= 11 is 7.56. The second-order valence-electron chi connectivity index (χ2n) is 8.21. The van der Waals surface area contributed by atoms with Crippen molar-refractivity contribution in [3.63, 3.8) is 0 Å². The zero-order valence-electron chi connectivity index (χ0n) is 17.2. The van der Waals surface area contributed by atoms with Gasteiger partial charge in [0, 0.05) is 19.1 Å². The van der Waals surface area contributed by atoms with E-state index in [1.54, 1.807) is 13.2 Å². The third-order valence-electron chi connectivity index (χ3n) is 6.32. The van der Waals surface area contributed by atoms with Gasteiger partial charge in [-0.2, -0.15) is 0 Å². The van der Waals surface area contributed by atoms with Gasteiger partial charge in [0.15, 0.2) is 0 Å². The van der Waals surface area contributed by atoms with E-state index in [0.29, 0.717) is 13.2 Å². The first kappa shape index (κ1) is 24.2. The maximum Gasteiger partial charge on any atom is 0.265 e. The molecule has 9 nitrogen and oxygen atoms in total. The number of carbonyl (C=O) groups is 1. The summed E-state index contributed by atoms with van der Waals surface area (Å²) in [6.45, 7) is 6.43. The van der Waals surface area contributed by atoms with E-state index in [1.165, 1.54) is 11.8 Å². The summed E-state index contributed by atoms with van der Waals surface area (Å²) < 4.78 is 11.8. The molecule has 3 aliphatic heterocycles. The Morgan fingerprint density at radius 2 is 2.07 bits per heavy atom. The van der Waals surface area contributed by atoms with Gasteiger partial charge in [-0.05, 0) is 32.7 Å². The molecule has 11 heteroatoms. The van der Waals surface area contributed by atoms with Gasteiger partial charge in [0.05, 0.1) is 11.4 Å². The summed E-state index contributed by atoms with van der Waals surface area (Å²) in [6, 6.07) is -0.851. The predicted octanol–water partition coefficient (Wildman–Crippen LogP) is -0.545. The van der Waals surface area contributed by atoms with Gasteiger partial charge in [0.2, 0.25) is 5.66 Å². The fraction of sp³-hybridized carbons (Fsp3) is 0.895. The number of alkyl halides is 1. The second kappa shape index (κ2) is 9.99. The van der Waals surface area contributed by atoms with Gasteiger partial charge in [-0.15, -0.1) is 23.4 Å². The number of halogens is 1. The lowest BCUT2D eigenvalue weighted by atomic mass is 9.90. The van der Waals surface area contributed by atoms with E-state index in [2.05, 4.69) is 22.3 Å². The standard InChI is InChI=1S/C19H32ClN3O6S/c1-9(20)11(15-13(25)12(24)14(26)17(29-15)30-3)23-18(27)19(21-2)16-10(8-22-19)6-4-5-7-28-16/h9-17,22,24-26H,2,4-8H2,1,3H3,(H,23,27)/t9-,10-,11+,12?,13?,14+,15+,16+,17?,19-/m0/s1. The molecule has 3 heterocycles. The van der Waals surface area contributed by atoms with Crippen molar-refractivity contribution in [2.45, 2.75) is 79.2 Å². The first-order chi connectivity index (χ1) is 14.3. The quantitative estimate of drug-likeness (QED) is 0.261. The first-order valence-corrected chi connectivity index (χ1v) is 12.0. The van der Waals surface area contributed by atoms with Crippen LogP contribution in [-0.2, 0) is 14.3 Å². The minimum absolute atomic E-state index is 0.144. The molecule has 3 rings (SSSR count). The number of amides is 1. The van der Waals surface area contributed by atoms with E-state index in [1.807, 2.05) is 0 Å². The lowest BCUT2D eigenvalue weighted by Gasteiger charge is -2.44. The third kappa shape index (κ3) is 4.38. The molecule has 1 amide bonds. The van der Waals surface area contributed by atoms with E-state index in [9.17, 15) is 20.1 Å². The van der Waals surface area contributed by atoms with Crippen LogP contribution in [0.2, 0.25) is 0 Å². The van der Waals surface area contributed by atoms with Crippen LogP contribution in [0.3, 0.4) is 0 Å². The molecule has 3 fully saturated rings. The molecule has 172 valence electrons. The Bertz CT molecular complexity index is 629. The average Bonchev–Trinajstić information content (AvgIpc) is 2.91. The van der Waals surface area contributed by atoms with Crippen LogP contribution >= 0.6 is 23.4 Å². The summed E-state index contributed by atoms with van der Waals surface area (Å²) in [5.74, 6) is -0.327. The lowest BCUT2D eigenvalue weighted by Crippen LogP contribution is -2.67. The van der Waals surface area contributed by atoms with Gasteiger partial charge < -0.3 is 30.1 Å². The number of rotatable bonds is 6. The van der Waals surface area contributed by atoms with Crippen LogP contribution in [-0.4, -0.2) is 100 Å². The first-order valence-electron chi connectivity index (χ1n) is 10.3. The Balaban J connectivity index is 1.82. The largest absolute Gasteiger partial charge is 0.388 e. The Morgan fingerprint density at radius 3 is 2.70 bits per heavy atom. The van der Waals surface area contributed by atoms with Gasteiger partial charge in [0.1, 0.15) is 36.0 Å². The summed E-state index contributed by atoms with van der Waals surface area (Å²) in [5, 5.41) is 36.3. The Hall–Kier alpha value is -0.460. The van der Waals surface area contributed by atoms with Crippen molar-refractivity contribution in [2.24, 2.45) is 10.9 Å². The van der Waals surface area contributed by atoms with E-state index >= 15 is 0 Å². The average molecular weight is 466 g/mol. The van der Waals surface area contributed by atoms with Crippen molar-refractivity contribution in [1.82, 2.24) is 10.6 Å². The maximum atomic E-state index is 13.4. The van der Waals surface area contributed by atoms with Crippen LogP contribution in [0.5, 0.6) is 0 Å². The molecule has 0 aromatic rings. The molecule has 3 aliphatic rings. The van der Waals surface area contributed by atoms with Crippen molar-refractivity contribution >= 4 is 36.0 Å². The number of carbonyl (C=O) groups excluding carboxylic acids is 1. The number of aliphatic hydroxyl groups excluding tert-OH is 3. The number of thioether (sulfide) groups is 1. The summed E-state index contributed by atoms with van der Waals surface area (Å²) in [7, 11) is 0. The van der Waals surface area contributed by atoms with Crippen LogP contribution in [0.1, 0.15) is 26.2 Å². The smallest absolute Gasteiger partial charge is 0.265 e. The van der Waals surface area contributed by atoms with E-state index in [4.69, 9.17) is 21.1 Å². The van der Waals surface area contributed by atoms with Gasteiger partial charge in [0.25, 0.3) is 5.91 Å². The Kier molecular flexibility index (Phi) is 8.06. The van der Waals surface area contributed by atoms with Crippen LogP contribution in [0.4, 0.5) is 0 Å². The minimum Gasteiger partial charge on any atom is -0.388 e. The van der Waals surface area contributed by atoms with E-state index in [0.717, 1.165) is 19.3 Å². The number of hydrogen-bond acceptors (Lipinski definition) is 9. The van der Waals surface area contributed by atoms with Crippen molar-refractivity contribution in [3.05, 3.63) is 0 Å². The molecule has 3 unspecified atom stereocenters. The third-order valence-corrected chi connectivity index (χ3v) is 7.45. The monoisotopic (exact) mass is 465 g/mol. The van der Waals surface area contributed by atoms with Crippen molar-refractivity contribution in [1.29, 1.82) is 0 Å². The molecule has 0 aromatic carbocycles. The molecule has 0 aliphatic carbocycles. The van der Waals surface area contributed by atoms with E-state index in [-0.39, 0.29) is 5.92 Å². The zero-order chi connectivity index (χ0) is 22.1. The minimum atomic E-state index is -1.43. The SMILES string of the molecule is C=N[C@]1(C(=O)N[C@H]([C@H](C)Cl)[C@H]2OC(SC)[C@H](O)C(O)C2O)NC[C@@H]2CCCCO[C@H]21. The molecule has 0 bridgehead atoms. The van der Waals surface area contributed by atoms with Crippen LogP contribution in [0.25, 0.3) is 0 Å². The van der Waals surface area contributed by atoms with Crippen LogP contribution in [0, 0.1) is 5.92 Å². The fourth-order valence-corrected chi connectivity index (χ4v) is 5.46. The molecule has 0 radical (unpaired) electrons. The highest BCUT2D eigenvalue weighted by atomic mass is 35.5. The second-order valence-corrected chi connectivity index (χ2v) is 9.83.